The Bertz CT molecular complexity index is 2430. The van der Waals surface area contributed by atoms with E-state index in [1.807, 2.05) is 0 Å². The minimum atomic E-state index is -0.447. The third kappa shape index (κ3) is 14.3. The number of methoxy groups -OCH3 is 4. The molecule has 0 saturated carbocycles. The summed E-state index contributed by atoms with van der Waals surface area (Å²) in [6.45, 7) is 3.32. The van der Waals surface area contributed by atoms with Crippen LogP contribution in [0.3, 0.4) is 0 Å². The van der Waals surface area contributed by atoms with Crippen molar-refractivity contribution in [1.29, 1.82) is 0 Å². The number of nitrogens with zero attached hydrogens (tertiary/aromatic N) is 4. The number of rotatable bonds is 18. The van der Waals surface area contributed by atoms with Gasteiger partial charge in [0, 0.05) is 62.5 Å². The van der Waals surface area contributed by atoms with E-state index in [9.17, 15) is 8.78 Å². The van der Waals surface area contributed by atoms with Gasteiger partial charge >= 0.3 is 0 Å². The van der Waals surface area contributed by atoms with Crippen LogP contribution in [0.1, 0.15) is 11.1 Å². The van der Waals surface area contributed by atoms with Crippen LogP contribution < -0.4 is 30.0 Å². The largest absolute Gasteiger partial charge is 0.487 e. The molecule has 17 heteroatoms. The Kier molecular flexibility index (Phi) is 19.5. The summed E-state index contributed by atoms with van der Waals surface area (Å²) in [5.41, 5.74) is 7.98. The summed E-state index contributed by atoms with van der Waals surface area (Å²) in [7, 11) is 6.42. The number of nitrogens with two attached hydrogens (primary N) is 1. The van der Waals surface area contributed by atoms with Gasteiger partial charge in [0.15, 0.2) is 23.0 Å². The fraction of sp³-hybridized carbons (Fsp3) is 0.273. The van der Waals surface area contributed by atoms with E-state index in [-0.39, 0.29) is 11.4 Å². The average molecular weight is 859 g/mol. The summed E-state index contributed by atoms with van der Waals surface area (Å²) < 4.78 is 69.6. The summed E-state index contributed by atoms with van der Waals surface area (Å²) in [5, 5.41) is 4.72. The molecule has 0 spiro atoms. The number of hydrogen-bond donors (Lipinski definition) is 2. The first-order valence-corrected chi connectivity index (χ1v) is 18.8. The van der Waals surface area contributed by atoms with Crippen LogP contribution >= 0.6 is 11.6 Å². The van der Waals surface area contributed by atoms with Gasteiger partial charge in [-0.05, 0) is 48.5 Å². The zero-order valence-corrected chi connectivity index (χ0v) is 34.8. The van der Waals surface area contributed by atoms with Crippen LogP contribution in [0.25, 0.3) is 21.8 Å². The number of terminal acetylenes is 2. The Balaban J connectivity index is 0.000000228. The first-order valence-electron chi connectivity index (χ1n) is 18.4. The van der Waals surface area contributed by atoms with Crippen LogP contribution in [0, 0.1) is 36.3 Å². The molecule has 320 valence electrons. The molecule has 0 atom stereocenters. The van der Waals surface area contributed by atoms with E-state index >= 15 is 0 Å². The third-order valence-corrected chi connectivity index (χ3v) is 8.38. The predicted molar refractivity (Wildman–Crippen MR) is 230 cm³/mol. The van der Waals surface area contributed by atoms with Crippen molar-refractivity contribution in [2.24, 2.45) is 0 Å². The fourth-order valence-corrected chi connectivity index (χ4v) is 5.25. The molecule has 6 aromatic rings. The molecule has 0 saturated heterocycles. The Hall–Kier alpha value is -6.53. The van der Waals surface area contributed by atoms with E-state index in [1.165, 1.54) is 43.0 Å². The van der Waals surface area contributed by atoms with E-state index in [0.717, 1.165) is 0 Å². The molecule has 0 unspecified atom stereocenters. The molecule has 14 nitrogen and oxygen atoms in total. The number of nitrogens with one attached hydrogen (secondary N) is 1. The molecule has 0 bridgehead atoms. The zero-order valence-electron chi connectivity index (χ0n) is 34.0. The molecule has 2 aromatic heterocycles. The van der Waals surface area contributed by atoms with Crippen molar-refractivity contribution in [2.45, 2.75) is 0 Å². The lowest BCUT2D eigenvalue weighted by Gasteiger charge is -2.15. The number of fused-ring (bicyclic) bond motifs is 2. The number of anilines is 3. The summed E-state index contributed by atoms with van der Waals surface area (Å²) in [6.07, 6.45) is 13.3. The van der Waals surface area contributed by atoms with Gasteiger partial charge in [-0.1, -0.05) is 23.4 Å². The molecule has 0 aliphatic rings. The minimum Gasteiger partial charge on any atom is -0.487 e. The highest BCUT2D eigenvalue weighted by Gasteiger charge is 2.15. The van der Waals surface area contributed by atoms with Gasteiger partial charge in [-0.25, -0.2) is 28.7 Å². The number of halogens is 3. The third-order valence-electron chi connectivity index (χ3n) is 8.08. The summed E-state index contributed by atoms with van der Waals surface area (Å²) in [6, 6.07) is 15.6. The van der Waals surface area contributed by atoms with Crippen molar-refractivity contribution in [3.8, 4) is 47.7 Å². The number of benzene rings is 4. The normalized spacial score (nSPS) is 10.4. The van der Waals surface area contributed by atoms with Gasteiger partial charge in [0.1, 0.15) is 61.7 Å². The van der Waals surface area contributed by atoms with Gasteiger partial charge in [-0.3, -0.25) is 0 Å². The van der Waals surface area contributed by atoms with Crippen LogP contribution in [0.2, 0.25) is 5.15 Å². The molecule has 3 N–H and O–H groups in total. The quantitative estimate of drug-likeness (QED) is 0.0384. The van der Waals surface area contributed by atoms with Crippen molar-refractivity contribution in [1.82, 2.24) is 19.9 Å². The average Bonchev–Trinajstić information content (AvgIpc) is 3.26. The van der Waals surface area contributed by atoms with E-state index in [1.54, 1.807) is 58.8 Å². The Labute approximate surface area is 357 Å². The summed E-state index contributed by atoms with van der Waals surface area (Å²) in [4.78, 5) is 16.7. The number of aromatic nitrogens is 4. The van der Waals surface area contributed by atoms with Crippen molar-refractivity contribution in [3.63, 3.8) is 0 Å². The van der Waals surface area contributed by atoms with Crippen LogP contribution in [0.4, 0.5) is 26.0 Å². The van der Waals surface area contributed by atoms with Gasteiger partial charge in [-0.15, -0.1) is 12.8 Å². The Morgan fingerprint density at radius 2 is 1.02 bits per heavy atom. The highest BCUT2D eigenvalue weighted by Crippen LogP contribution is 2.36. The molecule has 0 aliphatic carbocycles. The fourth-order valence-electron chi connectivity index (χ4n) is 5.06. The van der Waals surface area contributed by atoms with Crippen LogP contribution in [-0.2, 0) is 18.9 Å². The monoisotopic (exact) mass is 858 g/mol. The second-order valence-corrected chi connectivity index (χ2v) is 12.6. The van der Waals surface area contributed by atoms with Gasteiger partial charge in [0.05, 0.1) is 48.8 Å². The molecule has 4 aromatic carbocycles. The van der Waals surface area contributed by atoms with Crippen LogP contribution in [0.5, 0.6) is 23.0 Å². The zero-order chi connectivity index (χ0) is 44.0. The Morgan fingerprint density at radius 3 is 1.51 bits per heavy atom. The molecule has 6 rings (SSSR count). The van der Waals surface area contributed by atoms with Gasteiger partial charge < -0.3 is 48.9 Å². The van der Waals surface area contributed by atoms with Crippen molar-refractivity contribution in [2.75, 3.05) is 92.3 Å². The summed E-state index contributed by atoms with van der Waals surface area (Å²) in [5.74, 6) is 6.54. The maximum atomic E-state index is 14.3. The maximum absolute atomic E-state index is 14.3. The molecule has 0 fully saturated rings. The first kappa shape index (κ1) is 47.2. The highest BCUT2D eigenvalue weighted by atomic mass is 35.5. The van der Waals surface area contributed by atoms with Crippen molar-refractivity contribution < 1.29 is 46.7 Å². The SMILES string of the molecule is C#Cc1ccc(F)c(N)c1.C#Cc1ccc(F)c(Nc2ncnc3cc(OCCOC)c(OCCOC)cc23)c1.COCCOc1cc2ncnc(Cl)c2cc1OCCOC. The second kappa shape index (κ2) is 25.2. The van der Waals surface area contributed by atoms with E-state index < -0.39 is 11.6 Å². The number of hydrogen-bond acceptors (Lipinski definition) is 14. The summed E-state index contributed by atoms with van der Waals surface area (Å²) >= 11 is 6.08. The minimum absolute atomic E-state index is 0.0930. The first-order chi connectivity index (χ1) is 29.6. The smallest absolute Gasteiger partial charge is 0.163 e. The molecule has 0 radical (unpaired) electrons. The van der Waals surface area contributed by atoms with E-state index in [4.69, 9.17) is 68.1 Å². The second-order valence-electron chi connectivity index (χ2n) is 12.2. The van der Waals surface area contributed by atoms with E-state index in [2.05, 4.69) is 37.1 Å². The van der Waals surface area contributed by atoms with Crippen molar-refractivity contribution in [3.05, 3.63) is 101 Å². The lowest BCUT2D eigenvalue weighted by atomic mass is 10.1. The molecule has 0 amide bonds. The molecular weight excluding hydrogens is 814 g/mol. The highest BCUT2D eigenvalue weighted by molar-refractivity contribution is 6.34. The topological polar surface area (TPSA) is 163 Å². The van der Waals surface area contributed by atoms with Gasteiger partial charge in [0.25, 0.3) is 0 Å². The van der Waals surface area contributed by atoms with Gasteiger partial charge in [0.2, 0.25) is 0 Å². The molecule has 2 heterocycles. The maximum Gasteiger partial charge on any atom is 0.163 e. The lowest BCUT2D eigenvalue weighted by Crippen LogP contribution is -2.09. The van der Waals surface area contributed by atoms with Gasteiger partial charge in [-0.2, -0.15) is 0 Å². The Morgan fingerprint density at radius 1 is 0.574 bits per heavy atom. The number of nitrogen functional groups attached to an aromatic ring is 1. The van der Waals surface area contributed by atoms with Crippen LogP contribution in [0.15, 0.2) is 73.3 Å². The lowest BCUT2D eigenvalue weighted by molar-refractivity contribution is 0.132. The van der Waals surface area contributed by atoms with Crippen LogP contribution in [-0.4, -0.2) is 101 Å². The molecule has 61 heavy (non-hydrogen) atoms. The molecular formula is C44H45ClF2N6O8. The van der Waals surface area contributed by atoms with E-state index in [0.29, 0.717) is 120 Å². The molecule has 0 aliphatic heterocycles. The predicted octanol–water partition coefficient (Wildman–Crippen LogP) is 7.27. The standard InChI is InChI=1S/C22H22FN3O4.C14H17ClN2O4.C8H6FN/c1-4-15-5-6-17(23)19(11-15)26-22-16-12-20(29-9-7-27-2)21(30-10-8-28-3)13-18(16)24-14-25-22;1-18-3-5-20-12-7-10-11(16-9-17-14(10)15)8-13(12)21-6-4-19-2;1-2-6-3-4-7(9)8(10)5-6/h1,5-6,11-14H,7-10H2,2-3H3,(H,24,25,26);7-9H,3-6H2,1-2H3;1,3-5H,10H2. The van der Waals surface area contributed by atoms with Crippen molar-refractivity contribution >= 4 is 50.6 Å². The number of ether oxygens (including phenoxy) is 8.